The van der Waals surface area contributed by atoms with Gasteiger partial charge in [0.05, 0.1) is 24.4 Å². The molecule has 0 radical (unpaired) electrons. The van der Waals surface area contributed by atoms with E-state index in [0.717, 1.165) is 72.0 Å². The highest BCUT2D eigenvalue weighted by Gasteiger charge is 2.38. The number of aliphatic imine (C=N–C) groups is 1. The molecule has 1 atom stereocenters. The Morgan fingerprint density at radius 3 is 2.47 bits per heavy atom. The molecule has 1 aliphatic carbocycles. The van der Waals surface area contributed by atoms with Crippen LogP contribution in [-0.2, 0) is 9.59 Å². The average Bonchev–Trinajstić information content (AvgIpc) is 3.29. The van der Waals surface area contributed by atoms with Crippen molar-refractivity contribution in [3.63, 3.8) is 0 Å². The predicted octanol–water partition coefficient (Wildman–Crippen LogP) is 3.88. The normalized spacial score (nSPS) is 20.0. The molecule has 2 aromatic carbocycles. The van der Waals surface area contributed by atoms with Gasteiger partial charge >= 0.3 is 0 Å². The molecule has 2 aromatic rings. The van der Waals surface area contributed by atoms with E-state index in [0.29, 0.717) is 13.1 Å². The smallest absolute Gasteiger partial charge is 0.242 e. The van der Waals surface area contributed by atoms with E-state index in [-0.39, 0.29) is 24.3 Å². The van der Waals surface area contributed by atoms with Crippen molar-refractivity contribution < 1.29 is 14.3 Å². The quantitative estimate of drug-likeness (QED) is 0.695. The molecule has 1 saturated carbocycles. The number of nitrogens with zero attached hydrogens (tertiary/aromatic N) is 4. The summed E-state index contributed by atoms with van der Waals surface area (Å²) in [4.78, 5) is 37.7. The molecule has 5 rings (SSSR count). The molecule has 3 aliphatic rings. The summed E-state index contributed by atoms with van der Waals surface area (Å²) in [5.41, 5.74) is 5.92. The number of benzene rings is 2. The number of aryl methyl sites for hydroxylation is 2. The fraction of sp³-hybridized carbons (Fsp3) is 0.444. The van der Waals surface area contributed by atoms with Crippen molar-refractivity contribution in [3.8, 4) is 5.75 Å². The second kappa shape index (κ2) is 9.12. The van der Waals surface area contributed by atoms with Crippen LogP contribution in [-0.4, -0.2) is 62.3 Å². The van der Waals surface area contributed by atoms with Gasteiger partial charge in [-0.3, -0.25) is 14.6 Å². The fourth-order valence-corrected chi connectivity index (χ4v) is 5.19. The molecule has 7 nitrogen and oxygen atoms in total. The minimum Gasteiger partial charge on any atom is -0.497 e. The third-order valence-corrected chi connectivity index (χ3v) is 7.40. The average molecular weight is 461 g/mol. The summed E-state index contributed by atoms with van der Waals surface area (Å²) in [6, 6.07) is 12.1. The molecule has 2 amide bonds. The van der Waals surface area contributed by atoms with Crippen LogP contribution in [0, 0.1) is 19.8 Å². The highest BCUT2D eigenvalue weighted by atomic mass is 16.5. The van der Waals surface area contributed by atoms with Crippen LogP contribution in [0.15, 0.2) is 41.4 Å². The lowest BCUT2D eigenvalue weighted by molar-refractivity contribution is -0.132. The van der Waals surface area contributed by atoms with Gasteiger partial charge in [0, 0.05) is 37.6 Å². The number of anilines is 2. The molecule has 0 bridgehead atoms. The van der Waals surface area contributed by atoms with Crippen LogP contribution in [0.2, 0.25) is 0 Å². The molecule has 2 aliphatic heterocycles. The van der Waals surface area contributed by atoms with Crippen LogP contribution in [0.5, 0.6) is 5.75 Å². The number of methoxy groups -OCH3 is 1. The highest BCUT2D eigenvalue weighted by molar-refractivity contribution is 6.16. The maximum atomic E-state index is 13.5. The Morgan fingerprint density at radius 1 is 1.06 bits per heavy atom. The van der Waals surface area contributed by atoms with Crippen molar-refractivity contribution in [2.75, 3.05) is 49.6 Å². The van der Waals surface area contributed by atoms with Gasteiger partial charge < -0.3 is 19.4 Å². The lowest BCUT2D eigenvalue weighted by atomic mass is 10.0. The first kappa shape index (κ1) is 22.4. The standard InChI is InChI=1S/C27H32N4O3/c1-18-15-24-25(16-19(18)2)31(27(33)22-5-4-6-23(22)28-24)17-26(32)30-13-11-29(12-14-30)20-7-9-21(34-3)10-8-20/h7-10,15-16,22H,4-6,11-14,17H2,1-3H3/t22-/m0/s1. The number of carbonyl (C=O) groups is 2. The molecule has 0 unspecified atom stereocenters. The Kier molecular flexibility index (Phi) is 6.02. The Bertz CT molecular complexity index is 1130. The van der Waals surface area contributed by atoms with Crippen LogP contribution >= 0.6 is 0 Å². The molecule has 7 heteroatoms. The molecular weight excluding hydrogens is 428 g/mol. The van der Waals surface area contributed by atoms with Crippen LogP contribution < -0.4 is 14.5 Å². The lowest BCUT2D eigenvalue weighted by Crippen LogP contribution is -2.52. The van der Waals surface area contributed by atoms with Crippen LogP contribution in [0.3, 0.4) is 0 Å². The number of piperazine rings is 1. The molecule has 34 heavy (non-hydrogen) atoms. The Morgan fingerprint density at radius 2 is 1.76 bits per heavy atom. The first-order valence-electron chi connectivity index (χ1n) is 12.1. The zero-order valence-electron chi connectivity index (χ0n) is 20.2. The molecule has 2 heterocycles. The lowest BCUT2D eigenvalue weighted by Gasteiger charge is -2.37. The zero-order valence-corrected chi connectivity index (χ0v) is 20.2. The van der Waals surface area contributed by atoms with E-state index in [9.17, 15) is 9.59 Å². The zero-order chi connectivity index (χ0) is 23.8. The van der Waals surface area contributed by atoms with Crippen molar-refractivity contribution in [2.45, 2.75) is 33.1 Å². The van der Waals surface area contributed by atoms with E-state index in [1.165, 1.54) is 0 Å². The van der Waals surface area contributed by atoms with E-state index in [2.05, 4.69) is 17.9 Å². The number of fused-ring (bicyclic) bond motifs is 2. The van der Waals surface area contributed by atoms with Gasteiger partial charge in [0.25, 0.3) is 0 Å². The predicted molar refractivity (Wildman–Crippen MR) is 134 cm³/mol. The maximum Gasteiger partial charge on any atom is 0.242 e. The fourth-order valence-electron chi connectivity index (χ4n) is 5.19. The SMILES string of the molecule is COc1ccc(N2CCN(C(=O)CN3C(=O)[C@H]4CCCC4=Nc4cc(C)c(C)cc43)CC2)cc1. The van der Waals surface area contributed by atoms with Gasteiger partial charge in [-0.15, -0.1) is 0 Å². The van der Waals surface area contributed by atoms with Gasteiger partial charge in [0.1, 0.15) is 12.3 Å². The van der Waals surface area contributed by atoms with Gasteiger partial charge in [-0.2, -0.15) is 0 Å². The molecule has 2 fully saturated rings. The third kappa shape index (κ3) is 4.15. The third-order valence-electron chi connectivity index (χ3n) is 7.40. The Labute approximate surface area is 201 Å². The molecule has 0 spiro atoms. The number of amides is 2. The summed E-state index contributed by atoms with van der Waals surface area (Å²) in [5.74, 6) is 0.643. The second-order valence-electron chi connectivity index (χ2n) is 9.46. The van der Waals surface area contributed by atoms with Crippen molar-refractivity contribution in [1.82, 2.24) is 4.90 Å². The Balaban J connectivity index is 1.31. The molecule has 0 N–H and O–H groups in total. The summed E-state index contributed by atoms with van der Waals surface area (Å²) in [5, 5.41) is 0. The summed E-state index contributed by atoms with van der Waals surface area (Å²) >= 11 is 0. The molecule has 1 saturated heterocycles. The van der Waals surface area contributed by atoms with Gasteiger partial charge in [0.2, 0.25) is 11.8 Å². The first-order valence-corrected chi connectivity index (χ1v) is 12.1. The number of ether oxygens (including phenoxy) is 1. The number of carbonyl (C=O) groups excluding carboxylic acids is 2. The molecule has 178 valence electrons. The number of hydrogen-bond acceptors (Lipinski definition) is 5. The molecule has 0 aromatic heterocycles. The van der Waals surface area contributed by atoms with E-state index in [4.69, 9.17) is 9.73 Å². The monoisotopic (exact) mass is 460 g/mol. The minimum absolute atomic E-state index is 0.00615. The number of rotatable bonds is 4. The topological polar surface area (TPSA) is 65.5 Å². The van der Waals surface area contributed by atoms with E-state index < -0.39 is 0 Å². The summed E-state index contributed by atoms with van der Waals surface area (Å²) < 4.78 is 5.25. The van der Waals surface area contributed by atoms with Crippen molar-refractivity contribution in [1.29, 1.82) is 0 Å². The van der Waals surface area contributed by atoms with E-state index in [1.807, 2.05) is 42.2 Å². The van der Waals surface area contributed by atoms with Gasteiger partial charge in [0.15, 0.2) is 0 Å². The summed E-state index contributed by atoms with van der Waals surface area (Å²) in [7, 11) is 1.66. The van der Waals surface area contributed by atoms with Crippen molar-refractivity contribution in [2.24, 2.45) is 10.9 Å². The second-order valence-corrected chi connectivity index (χ2v) is 9.46. The number of hydrogen-bond donors (Lipinski definition) is 0. The van der Waals surface area contributed by atoms with E-state index >= 15 is 0 Å². The summed E-state index contributed by atoms with van der Waals surface area (Å²) in [6.07, 6.45) is 2.65. The van der Waals surface area contributed by atoms with Crippen molar-refractivity contribution >= 4 is 34.6 Å². The van der Waals surface area contributed by atoms with Crippen molar-refractivity contribution in [3.05, 3.63) is 47.5 Å². The van der Waals surface area contributed by atoms with Gasteiger partial charge in [-0.05, 0) is 80.6 Å². The maximum absolute atomic E-state index is 13.5. The van der Waals surface area contributed by atoms with Gasteiger partial charge in [-0.1, -0.05) is 0 Å². The Hall–Kier alpha value is -3.35. The molecular formula is C27H32N4O3. The minimum atomic E-state index is -0.201. The largest absolute Gasteiger partial charge is 0.497 e. The van der Waals surface area contributed by atoms with Crippen LogP contribution in [0.4, 0.5) is 17.1 Å². The summed E-state index contributed by atoms with van der Waals surface area (Å²) in [6.45, 7) is 6.96. The van der Waals surface area contributed by atoms with Crippen LogP contribution in [0.1, 0.15) is 30.4 Å². The van der Waals surface area contributed by atoms with E-state index in [1.54, 1.807) is 12.0 Å². The van der Waals surface area contributed by atoms with Gasteiger partial charge in [-0.25, -0.2) is 0 Å². The highest BCUT2D eigenvalue weighted by Crippen LogP contribution is 2.39. The first-order chi connectivity index (χ1) is 16.4. The van der Waals surface area contributed by atoms with Crippen LogP contribution in [0.25, 0.3) is 0 Å².